The van der Waals surface area contributed by atoms with Gasteiger partial charge in [0.2, 0.25) is 0 Å². The summed E-state index contributed by atoms with van der Waals surface area (Å²) in [4.78, 5) is 12.0. The Bertz CT molecular complexity index is 662. The minimum atomic E-state index is -0.603. The van der Waals surface area contributed by atoms with Crippen LogP contribution < -0.4 is 15.8 Å². The molecule has 0 atom stereocenters. The Morgan fingerprint density at radius 1 is 1.30 bits per heavy atom. The van der Waals surface area contributed by atoms with E-state index in [-0.39, 0.29) is 10.7 Å². The summed E-state index contributed by atoms with van der Waals surface area (Å²) in [6, 6.07) is 8.57. The van der Waals surface area contributed by atoms with Crippen LogP contribution in [0.25, 0.3) is 0 Å². The van der Waals surface area contributed by atoms with E-state index in [9.17, 15) is 9.18 Å². The second-order valence-electron chi connectivity index (χ2n) is 4.04. The number of methoxy groups -OCH3 is 1. The number of anilines is 2. The normalized spacial score (nSPS) is 10.2. The van der Waals surface area contributed by atoms with Crippen molar-refractivity contribution in [1.29, 1.82) is 0 Å². The van der Waals surface area contributed by atoms with Crippen LogP contribution in [0, 0.1) is 5.82 Å². The van der Waals surface area contributed by atoms with Gasteiger partial charge < -0.3 is 15.8 Å². The predicted octanol–water partition coefficient (Wildman–Crippen LogP) is 3.32. The fourth-order valence-corrected chi connectivity index (χ4v) is 1.80. The van der Waals surface area contributed by atoms with E-state index in [2.05, 4.69) is 5.32 Å². The summed E-state index contributed by atoms with van der Waals surface area (Å²) < 4.78 is 18.6. The number of nitrogens with two attached hydrogens (primary N) is 1. The third-order valence-corrected chi connectivity index (χ3v) is 2.91. The molecule has 0 aliphatic carbocycles. The van der Waals surface area contributed by atoms with Gasteiger partial charge in [0.1, 0.15) is 11.6 Å². The first kappa shape index (κ1) is 14.1. The fraction of sp³-hybridized carbons (Fsp3) is 0.0714. The molecule has 0 bridgehead atoms. The molecular formula is C14H12ClFN2O2. The number of rotatable bonds is 3. The molecule has 1 amide bonds. The second kappa shape index (κ2) is 5.79. The number of halogens is 2. The Balaban J connectivity index is 2.24. The lowest BCUT2D eigenvalue weighted by Gasteiger charge is -2.09. The monoisotopic (exact) mass is 294 g/mol. The van der Waals surface area contributed by atoms with Crippen molar-refractivity contribution >= 4 is 28.9 Å². The molecule has 0 saturated carbocycles. The number of hydrogen-bond donors (Lipinski definition) is 2. The van der Waals surface area contributed by atoms with Crippen LogP contribution >= 0.6 is 11.6 Å². The Labute approximate surface area is 120 Å². The van der Waals surface area contributed by atoms with Gasteiger partial charge in [0, 0.05) is 10.6 Å². The first-order valence-electron chi connectivity index (χ1n) is 5.71. The van der Waals surface area contributed by atoms with Crippen molar-refractivity contribution in [2.24, 2.45) is 0 Å². The zero-order chi connectivity index (χ0) is 14.7. The maximum Gasteiger partial charge on any atom is 0.255 e. The Kier molecular flexibility index (Phi) is 4.10. The summed E-state index contributed by atoms with van der Waals surface area (Å²) in [6.45, 7) is 0. The number of ether oxygens (including phenoxy) is 1. The van der Waals surface area contributed by atoms with Crippen LogP contribution in [0.5, 0.6) is 5.75 Å². The average Bonchev–Trinajstić information content (AvgIpc) is 2.42. The van der Waals surface area contributed by atoms with E-state index in [1.807, 2.05) is 0 Å². The van der Waals surface area contributed by atoms with Gasteiger partial charge in [-0.05, 0) is 36.4 Å². The molecule has 20 heavy (non-hydrogen) atoms. The molecule has 0 heterocycles. The van der Waals surface area contributed by atoms with Gasteiger partial charge in [-0.1, -0.05) is 11.6 Å². The fourth-order valence-electron chi connectivity index (χ4n) is 1.64. The van der Waals surface area contributed by atoms with Crippen molar-refractivity contribution in [3.05, 3.63) is 52.8 Å². The van der Waals surface area contributed by atoms with E-state index in [4.69, 9.17) is 22.1 Å². The van der Waals surface area contributed by atoms with Gasteiger partial charge in [0.05, 0.1) is 18.5 Å². The maximum absolute atomic E-state index is 13.6. The van der Waals surface area contributed by atoms with Crippen LogP contribution in [0.3, 0.4) is 0 Å². The highest BCUT2D eigenvalue weighted by atomic mass is 35.5. The molecule has 0 spiro atoms. The highest BCUT2D eigenvalue weighted by Gasteiger charge is 2.11. The molecule has 0 unspecified atom stereocenters. The molecule has 2 rings (SSSR count). The minimum Gasteiger partial charge on any atom is -0.495 e. The number of benzene rings is 2. The van der Waals surface area contributed by atoms with Gasteiger partial charge in [-0.25, -0.2) is 4.39 Å². The standard InChI is InChI=1S/C14H12ClFN2O2/c1-20-13-6-8(2-4-11(13)17)14(19)18-12-5-3-9(15)7-10(12)16/h2-7H,17H2,1H3,(H,18,19). The lowest BCUT2D eigenvalue weighted by Crippen LogP contribution is -2.13. The quantitative estimate of drug-likeness (QED) is 0.854. The number of carbonyl (C=O) groups is 1. The van der Waals surface area contributed by atoms with Crippen LogP contribution in [-0.4, -0.2) is 13.0 Å². The summed E-state index contributed by atoms with van der Waals surface area (Å²) in [5, 5.41) is 2.71. The number of amides is 1. The summed E-state index contributed by atoms with van der Waals surface area (Å²) in [5.41, 5.74) is 6.44. The zero-order valence-electron chi connectivity index (χ0n) is 10.6. The molecule has 4 nitrogen and oxygen atoms in total. The van der Waals surface area contributed by atoms with E-state index in [1.54, 1.807) is 6.07 Å². The van der Waals surface area contributed by atoms with Gasteiger partial charge in [-0.3, -0.25) is 4.79 Å². The molecule has 2 aromatic carbocycles. The first-order valence-corrected chi connectivity index (χ1v) is 6.09. The molecule has 0 radical (unpaired) electrons. The largest absolute Gasteiger partial charge is 0.495 e. The summed E-state index contributed by atoms with van der Waals surface area (Å²) in [6.07, 6.45) is 0. The highest BCUT2D eigenvalue weighted by Crippen LogP contribution is 2.24. The topological polar surface area (TPSA) is 64.3 Å². The summed E-state index contributed by atoms with van der Waals surface area (Å²) in [7, 11) is 1.45. The van der Waals surface area contributed by atoms with Gasteiger partial charge >= 0.3 is 0 Å². The SMILES string of the molecule is COc1cc(C(=O)Nc2ccc(Cl)cc2F)ccc1N. The molecule has 0 fully saturated rings. The zero-order valence-corrected chi connectivity index (χ0v) is 11.4. The number of carbonyl (C=O) groups excluding carboxylic acids is 1. The maximum atomic E-state index is 13.6. The third kappa shape index (κ3) is 3.00. The lowest BCUT2D eigenvalue weighted by molar-refractivity contribution is 0.102. The second-order valence-corrected chi connectivity index (χ2v) is 4.47. The molecular weight excluding hydrogens is 283 g/mol. The van der Waals surface area contributed by atoms with E-state index < -0.39 is 11.7 Å². The van der Waals surface area contributed by atoms with Gasteiger partial charge in [0.25, 0.3) is 5.91 Å². The van der Waals surface area contributed by atoms with Crippen molar-refractivity contribution in [2.75, 3.05) is 18.2 Å². The first-order chi connectivity index (χ1) is 9.51. The lowest BCUT2D eigenvalue weighted by atomic mass is 10.1. The van der Waals surface area contributed by atoms with Crippen LogP contribution in [0.1, 0.15) is 10.4 Å². The van der Waals surface area contributed by atoms with Gasteiger partial charge in [-0.15, -0.1) is 0 Å². The molecule has 0 aliphatic rings. The van der Waals surface area contributed by atoms with Crippen molar-refractivity contribution in [2.45, 2.75) is 0 Å². The van der Waals surface area contributed by atoms with E-state index >= 15 is 0 Å². The summed E-state index contributed by atoms with van der Waals surface area (Å²) in [5.74, 6) is -0.688. The Morgan fingerprint density at radius 2 is 2.05 bits per heavy atom. The van der Waals surface area contributed by atoms with E-state index in [1.165, 1.54) is 31.4 Å². The van der Waals surface area contributed by atoms with Crippen molar-refractivity contribution in [3.8, 4) is 5.75 Å². The Hall–Kier alpha value is -2.27. The van der Waals surface area contributed by atoms with Crippen molar-refractivity contribution < 1.29 is 13.9 Å². The van der Waals surface area contributed by atoms with Crippen LogP contribution in [0.15, 0.2) is 36.4 Å². The van der Waals surface area contributed by atoms with Crippen molar-refractivity contribution in [3.63, 3.8) is 0 Å². The average molecular weight is 295 g/mol. The van der Waals surface area contributed by atoms with Crippen LogP contribution in [0.4, 0.5) is 15.8 Å². The van der Waals surface area contributed by atoms with Gasteiger partial charge in [-0.2, -0.15) is 0 Å². The third-order valence-electron chi connectivity index (χ3n) is 2.67. The smallest absolute Gasteiger partial charge is 0.255 e. The van der Waals surface area contributed by atoms with E-state index in [0.717, 1.165) is 6.07 Å². The molecule has 0 aliphatic heterocycles. The minimum absolute atomic E-state index is 0.0511. The van der Waals surface area contributed by atoms with Crippen molar-refractivity contribution in [1.82, 2.24) is 0 Å². The highest BCUT2D eigenvalue weighted by molar-refractivity contribution is 6.30. The molecule has 6 heteroatoms. The number of hydrogen-bond acceptors (Lipinski definition) is 3. The molecule has 104 valence electrons. The molecule has 2 aromatic rings. The van der Waals surface area contributed by atoms with E-state index in [0.29, 0.717) is 17.0 Å². The van der Waals surface area contributed by atoms with Crippen LogP contribution in [-0.2, 0) is 0 Å². The molecule has 3 N–H and O–H groups in total. The van der Waals surface area contributed by atoms with Gasteiger partial charge in [0.15, 0.2) is 0 Å². The molecule has 0 saturated heterocycles. The Morgan fingerprint density at radius 3 is 2.70 bits per heavy atom. The predicted molar refractivity (Wildman–Crippen MR) is 76.8 cm³/mol. The number of nitrogen functional groups attached to an aromatic ring is 1. The molecule has 0 aromatic heterocycles. The van der Waals surface area contributed by atoms with Crippen LogP contribution in [0.2, 0.25) is 5.02 Å². The number of nitrogens with one attached hydrogen (secondary N) is 1. The summed E-state index contributed by atoms with van der Waals surface area (Å²) >= 11 is 5.64.